The predicted molar refractivity (Wildman–Crippen MR) is 130 cm³/mol. The Morgan fingerprint density at radius 1 is 1.16 bits per heavy atom. The number of carbonyl (C=O) groups excluding carboxylic acids is 1. The Bertz CT molecular complexity index is 1350. The lowest BCUT2D eigenvalue weighted by Crippen LogP contribution is -2.49. The van der Waals surface area contributed by atoms with Gasteiger partial charge in [0.2, 0.25) is 0 Å². The summed E-state index contributed by atoms with van der Waals surface area (Å²) >= 11 is 5.97. The number of hydrazine groups is 1. The van der Waals surface area contributed by atoms with E-state index in [4.69, 9.17) is 21.1 Å². The number of hydrogen-bond donors (Lipinski definition) is 3. The van der Waals surface area contributed by atoms with Gasteiger partial charge in [-0.25, -0.2) is 12.8 Å². The molecular formula is C25H24ClFN2O7S. The molecule has 1 aliphatic heterocycles. The number of ether oxygens (including phenoxy) is 2. The first-order valence-corrected chi connectivity index (χ1v) is 13.1. The van der Waals surface area contributed by atoms with E-state index >= 15 is 0 Å². The van der Waals surface area contributed by atoms with Gasteiger partial charge in [-0.2, -0.15) is 0 Å². The summed E-state index contributed by atoms with van der Waals surface area (Å²) in [5, 5.41) is 21.0. The normalized spacial score (nSPS) is 19.8. The van der Waals surface area contributed by atoms with Crippen molar-refractivity contribution >= 4 is 27.5 Å². The molecule has 0 aromatic heterocycles. The van der Waals surface area contributed by atoms with Crippen LogP contribution in [0.25, 0.3) is 0 Å². The molecule has 0 aliphatic carbocycles. The molecule has 1 saturated heterocycles. The molecule has 1 amide bonds. The summed E-state index contributed by atoms with van der Waals surface area (Å²) in [7, 11) is -4.31. The van der Waals surface area contributed by atoms with Crippen LogP contribution >= 0.6 is 11.6 Å². The first kappa shape index (κ1) is 27.0. The SMILES string of the molecule is O=C(C1CCC(O)(c2ccccc2)OC1)N(O)NS(=O)(=O)c1ccc(OCc2ccc(F)cc2Cl)cc1. The average Bonchev–Trinajstić information content (AvgIpc) is 2.89. The highest BCUT2D eigenvalue weighted by atomic mass is 35.5. The number of nitrogens with one attached hydrogen (secondary N) is 1. The van der Waals surface area contributed by atoms with Crippen LogP contribution in [-0.2, 0) is 31.9 Å². The first-order chi connectivity index (χ1) is 17.6. The molecule has 0 saturated carbocycles. The fourth-order valence-corrected chi connectivity index (χ4v) is 4.92. The molecule has 3 N–H and O–H groups in total. The second-order valence-corrected chi connectivity index (χ2v) is 10.5. The van der Waals surface area contributed by atoms with Gasteiger partial charge < -0.3 is 14.6 Å². The summed E-state index contributed by atoms with van der Waals surface area (Å²) in [4.78, 5) is 14.2. The second kappa shape index (κ2) is 11.1. The molecule has 0 bridgehead atoms. The van der Waals surface area contributed by atoms with Gasteiger partial charge in [0, 0.05) is 17.5 Å². The number of hydroxylamine groups is 1. The maximum atomic E-state index is 13.2. The van der Waals surface area contributed by atoms with Crippen molar-refractivity contribution in [1.29, 1.82) is 0 Å². The monoisotopic (exact) mass is 550 g/mol. The Labute approximate surface area is 218 Å². The highest BCUT2D eigenvalue weighted by Gasteiger charge is 2.40. The second-order valence-electron chi connectivity index (χ2n) is 8.44. The Morgan fingerprint density at radius 3 is 2.49 bits per heavy atom. The number of aliphatic hydroxyl groups is 1. The largest absolute Gasteiger partial charge is 0.489 e. The number of halogens is 2. The Balaban J connectivity index is 1.32. The van der Waals surface area contributed by atoms with Crippen molar-refractivity contribution in [1.82, 2.24) is 10.0 Å². The fourth-order valence-electron chi connectivity index (χ4n) is 3.78. The van der Waals surface area contributed by atoms with E-state index in [9.17, 15) is 27.9 Å². The van der Waals surface area contributed by atoms with Gasteiger partial charge in [0.1, 0.15) is 18.2 Å². The van der Waals surface area contributed by atoms with Crippen molar-refractivity contribution in [3.8, 4) is 5.75 Å². The van der Waals surface area contributed by atoms with Gasteiger partial charge in [-0.1, -0.05) is 52.8 Å². The molecule has 2 unspecified atom stereocenters. The maximum Gasteiger partial charge on any atom is 0.267 e. The van der Waals surface area contributed by atoms with Crippen LogP contribution in [0.15, 0.2) is 77.7 Å². The molecule has 37 heavy (non-hydrogen) atoms. The number of amides is 1. The molecule has 12 heteroatoms. The van der Waals surface area contributed by atoms with E-state index in [-0.39, 0.29) is 41.1 Å². The smallest absolute Gasteiger partial charge is 0.267 e. The Morgan fingerprint density at radius 2 is 1.86 bits per heavy atom. The minimum atomic E-state index is -4.31. The summed E-state index contributed by atoms with van der Waals surface area (Å²) in [6.07, 6.45) is 0.242. The van der Waals surface area contributed by atoms with E-state index in [1.54, 1.807) is 30.3 Å². The minimum absolute atomic E-state index is 0.0330. The average molecular weight is 551 g/mol. The first-order valence-electron chi connectivity index (χ1n) is 11.2. The quantitative estimate of drug-likeness (QED) is 0.288. The van der Waals surface area contributed by atoms with Gasteiger partial charge in [-0.15, -0.1) is 5.17 Å². The predicted octanol–water partition coefficient (Wildman–Crippen LogP) is 3.74. The van der Waals surface area contributed by atoms with E-state index in [2.05, 4.69) is 0 Å². The van der Waals surface area contributed by atoms with Crippen LogP contribution < -0.4 is 9.57 Å². The zero-order chi connectivity index (χ0) is 26.6. The van der Waals surface area contributed by atoms with Gasteiger partial charge in [-0.3, -0.25) is 10.0 Å². The van der Waals surface area contributed by atoms with Crippen molar-refractivity contribution in [3.05, 3.63) is 94.8 Å². The van der Waals surface area contributed by atoms with Crippen LogP contribution in [0.3, 0.4) is 0 Å². The van der Waals surface area contributed by atoms with Crippen LogP contribution in [0.5, 0.6) is 5.75 Å². The molecule has 3 aromatic rings. The minimum Gasteiger partial charge on any atom is -0.489 e. The van der Waals surface area contributed by atoms with Gasteiger partial charge >= 0.3 is 0 Å². The Kier molecular flexibility index (Phi) is 8.12. The van der Waals surface area contributed by atoms with E-state index in [0.29, 0.717) is 16.9 Å². The van der Waals surface area contributed by atoms with Gasteiger partial charge in [0.15, 0.2) is 5.79 Å². The van der Waals surface area contributed by atoms with Crippen LogP contribution in [-0.4, -0.2) is 36.4 Å². The summed E-state index contributed by atoms with van der Waals surface area (Å²) in [5.41, 5.74) is 1.08. The van der Waals surface area contributed by atoms with Gasteiger partial charge in [0.25, 0.3) is 15.9 Å². The molecular weight excluding hydrogens is 527 g/mol. The zero-order valence-electron chi connectivity index (χ0n) is 19.4. The Hall–Kier alpha value is -3.06. The third kappa shape index (κ3) is 6.45. The molecule has 4 rings (SSSR count). The third-order valence-electron chi connectivity index (χ3n) is 5.89. The highest BCUT2D eigenvalue weighted by molar-refractivity contribution is 7.89. The van der Waals surface area contributed by atoms with Crippen LogP contribution in [0, 0.1) is 11.7 Å². The molecule has 1 heterocycles. The van der Waals surface area contributed by atoms with Crippen molar-refractivity contribution in [2.45, 2.75) is 30.1 Å². The number of benzene rings is 3. The molecule has 196 valence electrons. The van der Waals surface area contributed by atoms with Crippen LogP contribution in [0.4, 0.5) is 4.39 Å². The van der Waals surface area contributed by atoms with E-state index in [0.717, 1.165) is 6.07 Å². The van der Waals surface area contributed by atoms with Gasteiger partial charge in [-0.05, 0) is 42.8 Å². The summed E-state index contributed by atoms with van der Waals surface area (Å²) in [5.74, 6) is -3.51. The van der Waals surface area contributed by atoms with E-state index in [1.165, 1.54) is 36.4 Å². The van der Waals surface area contributed by atoms with Crippen LogP contribution in [0.2, 0.25) is 5.02 Å². The molecule has 2 atom stereocenters. The van der Waals surface area contributed by atoms with E-state index < -0.39 is 33.5 Å². The topological polar surface area (TPSA) is 125 Å². The number of nitrogens with zero attached hydrogens (tertiary/aromatic N) is 1. The number of sulfonamides is 1. The standard InChI is InChI=1S/C25H24ClFN2O7S/c26-23-14-20(27)7-6-17(23)15-35-21-8-10-22(11-9-21)37(33,34)28-29(32)24(30)18-12-13-25(31,36-16-18)19-4-2-1-3-5-19/h1-11,14,18,28,31-32H,12-13,15-16H2. The van der Waals surface area contributed by atoms with Crippen LogP contribution in [0.1, 0.15) is 24.0 Å². The number of rotatable bonds is 8. The summed E-state index contributed by atoms with van der Waals surface area (Å²) in [6, 6.07) is 17.8. The molecule has 3 aromatic carbocycles. The fraction of sp³-hybridized carbons (Fsp3) is 0.240. The molecule has 0 radical (unpaired) electrons. The van der Waals surface area contributed by atoms with E-state index in [1.807, 2.05) is 4.83 Å². The lowest BCUT2D eigenvalue weighted by Gasteiger charge is -2.36. The lowest BCUT2D eigenvalue weighted by atomic mass is 9.91. The molecule has 1 aliphatic rings. The van der Waals surface area contributed by atoms with Gasteiger partial charge in [0.05, 0.1) is 22.4 Å². The van der Waals surface area contributed by atoms with Crippen molar-refractivity contribution in [3.63, 3.8) is 0 Å². The maximum absolute atomic E-state index is 13.2. The lowest BCUT2D eigenvalue weighted by molar-refractivity contribution is -0.249. The molecule has 1 fully saturated rings. The van der Waals surface area contributed by atoms with Crippen molar-refractivity contribution in [2.75, 3.05) is 6.61 Å². The molecule has 0 spiro atoms. The zero-order valence-corrected chi connectivity index (χ0v) is 21.0. The van der Waals surface area contributed by atoms with Crippen molar-refractivity contribution < 1.29 is 37.4 Å². The molecule has 9 nitrogen and oxygen atoms in total. The third-order valence-corrected chi connectivity index (χ3v) is 7.55. The number of carbonyl (C=O) groups is 1. The summed E-state index contributed by atoms with van der Waals surface area (Å²) in [6.45, 7) is -0.182. The summed E-state index contributed by atoms with van der Waals surface area (Å²) < 4.78 is 49.5. The number of hydrogen-bond acceptors (Lipinski definition) is 7. The highest BCUT2D eigenvalue weighted by Crippen LogP contribution is 2.35. The van der Waals surface area contributed by atoms with Crippen molar-refractivity contribution in [2.24, 2.45) is 5.92 Å².